The van der Waals surface area contributed by atoms with Crippen LogP contribution in [0.15, 0.2) is 24.3 Å². The summed E-state index contributed by atoms with van der Waals surface area (Å²) < 4.78 is 13.1. The smallest absolute Gasteiger partial charge is 0.123 e. The van der Waals surface area contributed by atoms with Gasteiger partial charge in [-0.2, -0.15) is 0 Å². The molecule has 1 fully saturated rings. The van der Waals surface area contributed by atoms with E-state index in [1.54, 1.807) is 12.1 Å². The third-order valence-corrected chi connectivity index (χ3v) is 3.96. The van der Waals surface area contributed by atoms with Crippen LogP contribution in [0, 0.1) is 5.82 Å². The van der Waals surface area contributed by atoms with Gasteiger partial charge >= 0.3 is 0 Å². The molecule has 0 bridgehead atoms. The minimum Gasteiger partial charge on any atom is -0.304 e. The molecule has 0 radical (unpaired) electrons. The minimum atomic E-state index is -0.164. The van der Waals surface area contributed by atoms with Crippen LogP contribution in [0.3, 0.4) is 0 Å². The Labute approximate surface area is 121 Å². The summed E-state index contributed by atoms with van der Waals surface area (Å²) in [4.78, 5) is 2.34. The van der Waals surface area contributed by atoms with Gasteiger partial charge < -0.3 is 4.90 Å². The van der Waals surface area contributed by atoms with Crippen LogP contribution in [0.1, 0.15) is 37.8 Å². The number of nitrogens with zero attached hydrogens (tertiary/aromatic N) is 2. The fourth-order valence-electron chi connectivity index (χ4n) is 2.57. The van der Waals surface area contributed by atoms with Gasteiger partial charge in [0.2, 0.25) is 0 Å². The van der Waals surface area contributed by atoms with Gasteiger partial charge in [0.15, 0.2) is 0 Å². The lowest BCUT2D eigenvalue weighted by Gasteiger charge is -2.35. The number of hydrogen-bond donors (Lipinski definition) is 1. The predicted molar refractivity (Wildman–Crippen MR) is 80.9 cm³/mol. The number of nitrogens with one attached hydrogen (secondary N) is 1. The average molecular weight is 279 g/mol. The Bertz CT molecular complexity index is 385. The Morgan fingerprint density at radius 2 is 1.80 bits per heavy atom. The monoisotopic (exact) mass is 279 g/mol. The summed E-state index contributed by atoms with van der Waals surface area (Å²) in [5, 5.41) is 2.31. The van der Waals surface area contributed by atoms with Crippen molar-refractivity contribution in [1.29, 1.82) is 0 Å². The Morgan fingerprint density at radius 1 is 1.15 bits per heavy atom. The molecule has 0 saturated carbocycles. The van der Waals surface area contributed by atoms with Gasteiger partial charge in [-0.05, 0) is 31.2 Å². The number of benzene rings is 1. The molecule has 3 nitrogen and oxygen atoms in total. The van der Waals surface area contributed by atoms with Crippen LogP contribution in [-0.4, -0.2) is 43.1 Å². The topological polar surface area (TPSA) is 18.5 Å². The van der Waals surface area contributed by atoms with Gasteiger partial charge in [0.1, 0.15) is 5.82 Å². The van der Waals surface area contributed by atoms with Crippen molar-refractivity contribution < 1.29 is 4.39 Å². The third kappa shape index (κ3) is 4.54. The summed E-state index contributed by atoms with van der Waals surface area (Å²) in [6, 6.07) is 7.20. The van der Waals surface area contributed by atoms with E-state index >= 15 is 0 Å². The zero-order chi connectivity index (χ0) is 14.4. The van der Waals surface area contributed by atoms with E-state index in [0.29, 0.717) is 6.04 Å². The van der Waals surface area contributed by atoms with E-state index in [1.807, 2.05) is 12.1 Å². The molecule has 0 aliphatic carbocycles. The van der Waals surface area contributed by atoms with Gasteiger partial charge in [-0.3, -0.25) is 0 Å². The van der Waals surface area contributed by atoms with E-state index in [2.05, 4.69) is 29.3 Å². The van der Waals surface area contributed by atoms with Crippen molar-refractivity contribution in [3.63, 3.8) is 0 Å². The number of likely N-dealkylation sites (N-methyl/N-ethyl adjacent to an activating group) is 1. The Morgan fingerprint density at radius 3 is 2.40 bits per heavy atom. The van der Waals surface area contributed by atoms with Gasteiger partial charge in [-0.1, -0.05) is 31.9 Å². The van der Waals surface area contributed by atoms with Crippen molar-refractivity contribution in [1.82, 2.24) is 15.3 Å². The zero-order valence-electron chi connectivity index (χ0n) is 12.6. The first-order valence-corrected chi connectivity index (χ1v) is 7.64. The predicted octanol–water partition coefficient (Wildman–Crippen LogP) is 2.81. The number of hydrogen-bond acceptors (Lipinski definition) is 3. The maximum Gasteiger partial charge on any atom is 0.123 e. The van der Waals surface area contributed by atoms with Crippen LogP contribution in [0.4, 0.5) is 4.39 Å². The van der Waals surface area contributed by atoms with Crippen molar-refractivity contribution in [2.24, 2.45) is 0 Å². The van der Waals surface area contributed by atoms with Crippen molar-refractivity contribution >= 4 is 0 Å². The molecule has 1 saturated heterocycles. The van der Waals surface area contributed by atoms with Crippen LogP contribution in [0.2, 0.25) is 0 Å². The molecule has 4 heteroatoms. The van der Waals surface area contributed by atoms with Gasteiger partial charge in [-0.25, -0.2) is 14.8 Å². The van der Waals surface area contributed by atoms with Crippen LogP contribution in [0.5, 0.6) is 0 Å². The first kappa shape index (κ1) is 15.4. The lowest BCUT2D eigenvalue weighted by Crippen LogP contribution is -2.51. The molecule has 1 aliphatic rings. The molecule has 1 N–H and O–H groups in total. The molecule has 1 aromatic carbocycles. The molecule has 1 atom stereocenters. The molecule has 0 spiro atoms. The number of halogens is 1. The number of hydrazine groups is 1. The molecular weight excluding hydrogens is 253 g/mol. The summed E-state index contributed by atoms with van der Waals surface area (Å²) in [7, 11) is 2.16. The highest BCUT2D eigenvalue weighted by Gasteiger charge is 2.18. The van der Waals surface area contributed by atoms with E-state index in [0.717, 1.165) is 32.6 Å². The molecule has 1 unspecified atom stereocenters. The Balaban J connectivity index is 1.97. The lowest BCUT2D eigenvalue weighted by atomic mass is 10.0. The Kier molecular flexibility index (Phi) is 5.95. The summed E-state index contributed by atoms with van der Waals surface area (Å²) in [6.07, 6.45) is 3.46. The molecule has 1 aliphatic heterocycles. The Hall–Kier alpha value is -0.970. The van der Waals surface area contributed by atoms with E-state index in [-0.39, 0.29) is 5.82 Å². The molecule has 2 rings (SSSR count). The highest BCUT2D eigenvalue weighted by atomic mass is 19.1. The summed E-state index contributed by atoms with van der Waals surface area (Å²) in [6.45, 7) is 6.48. The number of piperazine rings is 1. The molecule has 1 aromatic rings. The summed E-state index contributed by atoms with van der Waals surface area (Å²) in [5.41, 5.74) is 4.81. The second-order valence-corrected chi connectivity index (χ2v) is 5.67. The van der Waals surface area contributed by atoms with Crippen LogP contribution in [-0.2, 0) is 0 Å². The normalized spacial score (nSPS) is 19.1. The lowest BCUT2D eigenvalue weighted by molar-refractivity contribution is 0.0842. The molecule has 1 heterocycles. The van der Waals surface area contributed by atoms with Gasteiger partial charge in [-0.15, -0.1) is 0 Å². The van der Waals surface area contributed by atoms with Crippen molar-refractivity contribution in [3.05, 3.63) is 35.6 Å². The third-order valence-electron chi connectivity index (χ3n) is 3.96. The van der Waals surface area contributed by atoms with Crippen LogP contribution < -0.4 is 5.43 Å². The molecule has 112 valence electrons. The number of rotatable bonds is 6. The second-order valence-electron chi connectivity index (χ2n) is 5.67. The maximum absolute atomic E-state index is 13.1. The fourth-order valence-corrected chi connectivity index (χ4v) is 2.57. The van der Waals surface area contributed by atoms with Crippen LogP contribution in [0.25, 0.3) is 0 Å². The minimum absolute atomic E-state index is 0.164. The fraction of sp³-hybridized carbons (Fsp3) is 0.625. The maximum atomic E-state index is 13.1. The van der Waals surface area contributed by atoms with Crippen LogP contribution >= 0.6 is 0 Å². The summed E-state index contributed by atoms with van der Waals surface area (Å²) >= 11 is 0. The van der Waals surface area contributed by atoms with Crippen molar-refractivity contribution in [2.75, 3.05) is 33.2 Å². The van der Waals surface area contributed by atoms with E-state index in [9.17, 15) is 4.39 Å². The zero-order valence-corrected chi connectivity index (χ0v) is 12.6. The molecule has 0 aromatic heterocycles. The van der Waals surface area contributed by atoms with Gasteiger partial charge in [0, 0.05) is 32.2 Å². The standard InChI is InChI=1S/C16H26FN3/c1-3-4-5-16(14-6-8-15(17)9-7-14)18-20-12-10-19(2)11-13-20/h6-9,16,18H,3-5,10-13H2,1-2H3. The largest absolute Gasteiger partial charge is 0.304 e. The molecule has 20 heavy (non-hydrogen) atoms. The highest BCUT2D eigenvalue weighted by molar-refractivity contribution is 5.19. The quantitative estimate of drug-likeness (QED) is 0.864. The summed E-state index contributed by atoms with van der Waals surface area (Å²) in [5.74, 6) is -0.164. The number of unbranched alkanes of at least 4 members (excludes halogenated alkanes) is 1. The van der Waals surface area contributed by atoms with Gasteiger partial charge in [0.05, 0.1) is 0 Å². The van der Waals surface area contributed by atoms with E-state index in [4.69, 9.17) is 0 Å². The van der Waals surface area contributed by atoms with Crippen molar-refractivity contribution in [3.8, 4) is 0 Å². The highest BCUT2D eigenvalue weighted by Crippen LogP contribution is 2.20. The SMILES string of the molecule is CCCCC(NN1CCN(C)CC1)c1ccc(F)cc1. The average Bonchev–Trinajstić information content (AvgIpc) is 2.46. The second kappa shape index (κ2) is 7.72. The van der Waals surface area contributed by atoms with E-state index < -0.39 is 0 Å². The first-order chi connectivity index (χ1) is 9.69. The van der Waals surface area contributed by atoms with E-state index in [1.165, 1.54) is 18.4 Å². The first-order valence-electron chi connectivity index (χ1n) is 7.64. The van der Waals surface area contributed by atoms with Crippen molar-refractivity contribution in [2.45, 2.75) is 32.2 Å². The van der Waals surface area contributed by atoms with Gasteiger partial charge in [0.25, 0.3) is 0 Å². The molecule has 0 amide bonds. The molecular formula is C16H26FN3.